The first-order valence-electron chi connectivity index (χ1n) is 9.99. The number of halogens is 3. The van der Waals surface area contributed by atoms with E-state index < -0.39 is 27.0 Å². The van der Waals surface area contributed by atoms with Crippen molar-refractivity contribution >= 4 is 15.8 Å². The fraction of sp³-hybridized carbons (Fsp3) is 0.350. The van der Waals surface area contributed by atoms with E-state index in [2.05, 4.69) is 19.7 Å². The number of benzene rings is 1. The topological polar surface area (TPSA) is 93.5 Å². The van der Waals surface area contributed by atoms with Crippen LogP contribution >= 0.6 is 0 Å². The van der Waals surface area contributed by atoms with Gasteiger partial charge in [-0.2, -0.15) is 4.31 Å². The fourth-order valence-corrected chi connectivity index (χ4v) is 5.08. The zero-order valence-electron chi connectivity index (χ0n) is 17.8. The number of aromatic nitrogens is 4. The molecule has 9 nitrogen and oxygen atoms in total. The minimum absolute atomic E-state index is 0.0746. The number of alkyl halides is 3. The van der Waals surface area contributed by atoms with E-state index in [0.717, 1.165) is 27.8 Å². The number of para-hydroxylation sites is 1. The lowest BCUT2D eigenvalue weighted by molar-refractivity contribution is -0.275. The number of imidazole rings is 1. The number of rotatable bonds is 5. The molecule has 0 aliphatic carbocycles. The van der Waals surface area contributed by atoms with Gasteiger partial charge in [0.1, 0.15) is 34.9 Å². The molecule has 0 atom stereocenters. The molecule has 0 amide bonds. The van der Waals surface area contributed by atoms with Gasteiger partial charge in [0.25, 0.3) is 0 Å². The summed E-state index contributed by atoms with van der Waals surface area (Å²) >= 11 is 0. The number of aryl methyl sites for hydroxylation is 1. The monoisotopic (exact) mass is 482 g/mol. The number of piperazine rings is 1. The first-order valence-corrected chi connectivity index (χ1v) is 11.4. The molecule has 3 aromatic rings. The fourth-order valence-electron chi connectivity index (χ4n) is 3.54. The summed E-state index contributed by atoms with van der Waals surface area (Å²) in [5.74, 6) is 0.494. The van der Waals surface area contributed by atoms with Crippen molar-refractivity contribution in [2.45, 2.75) is 25.1 Å². The van der Waals surface area contributed by atoms with E-state index in [-0.39, 0.29) is 13.1 Å². The smallest absolute Gasteiger partial charge is 0.404 e. The highest BCUT2D eigenvalue weighted by atomic mass is 32.2. The van der Waals surface area contributed by atoms with Gasteiger partial charge in [-0.05, 0) is 26.0 Å². The van der Waals surface area contributed by atoms with Gasteiger partial charge in [0.2, 0.25) is 10.0 Å². The third-order valence-electron chi connectivity index (χ3n) is 5.39. The highest BCUT2D eigenvalue weighted by Gasteiger charge is 2.36. The lowest BCUT2D eigenvalue weighted by atomic mass is 10.3. The summed E-state index contributed by atoms with van der Waals surface area (Å²) < 4.78 is 71.1. The molecular weight excluding hydrogens is 461 g/mol. The van der Waals surface area contributed by atoms with Crippen LogP contribution in [0.2, 0.25) is 0 Å². The first kappa shape index (κ1) is 23.0. The Morgan fingerprint density at radius 1 is 0.970 bits per heavy atom. The van der Waals surface area contributed by atoms with Crippen molar-refractivity contribution in [2.75, 3.05) is 31.1 Å². The second-order valence-corrected chi connectivity index (χ2v) is 9.31. The Morgan fingerprint density at radius 3 is 2.27 bits per heavy atom. The number of nitrogens with zero attached hydrogens (tertiary/aromatic N) is 6. The van der Waals surface area contributed by atoms with Crippen LogP contribution in [-0.4, -0.2) is 64.8 Å². The predicted octanol–water partition coefficient (Wildman–Crippen LogP) is 2.69. The molecule has 0 bridgehead atoms. The molecule has 0 saturated carbocycles. The minimum Gasteiger partial charge on any atom is -0.404 e. The molecule has 0 unspecified atom stereocenters. The molecule has 176 valence electrons. The average Bonchev–Trinajstić information content (AvgIpc) is 3.11. The summed E-state index contributed by atoms with van der Waals surface area (Å²) in [6, 6.07) is 6.52. The Morgan fingerprint density at radius 2 is 1.64 bits per heavy atom. The zero-order chi connectivity index (χ0) is 23.8. The molecule has 1 saturated heterocycles. The molecule has 2 aromatic heterocycles. The third kappa shape index (κ3) is 4.78. The first-order chi connectivity index (χ1) is 15.6. The summed E-state index contributed by atoms with van der Waals surface area (Å²) in [4.78, 5) is 14.2. The van der Waals surface area contributed by atoms with E-state index in [1.165, 1.54) is 18.5 Å². The van der Waals surface area contributed by atoms with Crippen molar-refractivity contribution in [3.63, 3.8) is 0 Å². The zero-order valence-corrected chi connectivity index (χ0v) is 18.6. The van der Waals surface area contributed by atoms with Crippen LogP contribution in [-0.2, 0) is 10.0 Å². The molecule has 1 aliphatic rings. The van der Waals surface area contributed by atoms with Crippen molar-refractivity contribution in [3.8, 4) is 11.6 Å². The van der Waals surface area contributed by atoms with E-state index in [0.29, 0.717) is 24.7 Å². The van der Waals surface area contributed by atoms with Crippen molar-refractivity contribution in [1.82, 2.24) is 23.8 Å². The van der Waals surface area contributed by atoms with Crippen LogP contribution < -0.4 is 9.64 Å². The van der Waals surface area contributed by atoms with E-state index in [1.807, 2.05) is 23.3 Å². The molecule has 33 heavy (non-hydrogen) atoms. The van der Waals surface area contributed by atoms with E-state index in [1.54, 1.807) is 12.4 Å². The molecule has 1 aliphatic heterocycles. The van der Waals surface area contributed by atoms with Gasteiger partial charge >= 0.3 is 6.36 Å². The van der Waals surface area contributed by atoms with E-state index in [9.17, 15) is 21.6 Å². The maximum Gasteiger partial charge on any atom is 0.573 e. The van der Waals surface area contributed by atoms with Crippen LogP contribution in [0.5, 0.6) is 5.75 Å². The van der Waals surface area contributed by atoms with E-state index >= 15 is 0 Å². The van der Waals surface area contributed by atoms with Crippen LogP contribution in [0.1, 0.15) is 11.4 Å². The molecule has 13 heteroatoms. The Bertz CT molecular complexity index is 1250. The Hall–Kier alpha value is -3.19. The molecule has 3 heterocycles. The highest BCUT2D eigenvalue weighted by Crippen LogP contribution is 2.32. The lowest BCUT2D eigenvalue weighted by Gasteiger charge is -2.34. The van der Waals surface area contributed by atoms with Gasteiger partial charge in [-0.3, -0.25) is 4.57 Å². The number of anilines is 1. The normalized spacial score (nSPS) is 15.6. The Kier molecular flexibility index (Phi) is 6.01. The molecule has 1 aromatic carbocycles. The van der Waals surface area contributed by atoms with Crippen LogP contribution in [0.4, 0.5) is 19.0 Å². The van der Waals surface area contributed by atoms with Gasteiger partial charge in [-0.15, -0.1) is 13.2 Å². The van der Waals surface area contributed by atoms with Gasteiger partial charge in [0, 0.05) is 37.9 Å². The summed E-state index contributed by atoms with van der Waals surface area (Å²) in [6.07, 6.45) is -1.91. The number of sulfonamides is 1. The standard InChI is InChI=1S/C20H21F3N6O3S/c1-14-15(2)29(13-26-14)19-11-18(24-12-25-19)27-7-9-28(10-8-27)33(30,31)17-6-4-3-5-16(17)32-20(21,22)23/h3-6,11-13H,7-10H2,1-2H3. The molecular formula is C20H21F3N6O3S. The van der Waals surface area contributed by atoms with Gasteiger partial charge in [0.05, 0.1) is 5.69 Å². The summed E-state index contributed by atoms with van der Waals surface area (Å²) in [6.45, 7) is 4.58. The third-order valence-corrected chi connectivity index (χ3v) is 7.33. The molecule has 0 radical (unpaired) electrons. The summed E-state index contributed by atoms with van der Waals surface area (Å²) in [5.41, 5.74) is 1.82. The quantitative estimate of drug-likeness (QED) is 0.552. The van der Waals surface area contributed by atoms with Crippen LogP contribution in [0.25, 0.3) is 5.82 Å². The minimum atomic E-state index is -5.00. The predicted molar refractivity (Wildman–Crippen MR) is 113 cm³/mol. The SMILES string of the molecule is Cc1ncn(-c2cc(N3CCN(S(=O)(=O)c4ccccc4OC(F)(F)F)CC3)ncn2)c1C. The van der Waals surface area contributed by atoms with Gasteiger partial charge in [0.15, 0.2) is 0 Å². The largest absolute Gasteiger partial charge is 0.573 e. The van der Waals surface area contributed by atoms with Crippen molar-refractivity contribution in [3.05, 3.63) is 54.4 Å². The molecule has 0 N–H and O–H groups in total. The lowest BCUT2D eigenvalue weighted by Crippen LogP contribution is -2.49. The molecule has 4 rings (SSSR count). The Balaban J connectivity index is 1.51. The summed E-state index contributed by atoms with van der Waals surface area (Å²) in [7, 11) is -4.19. The molecule has 1 fully saturated rings. The second-order valence-electron chi connectivity index (χ2n) is 7.41. The van der Waals surface area contributed by atoms with Crippen LogP contribution in [0.15, 0.2) is 47.9 Å². The van der Waals surface area contributed by atoms with Gasteiger partial charge in [-0.1, -0.05) is 12.1 Å². The van der Waals surface area contributed by atoms with Crippen LogP contribution in [0, 0.1) is 13.8 Å². The van der Waals surface area contributed by atoms with Crippen molar-refractivity contribution in [2.24, 2.45) is 0 Å². The number of hydrogen-bond donors (Lipinski definition) is 0. The molecule has 0 spiro atoms. The van der Waals surface area contributed by atoms with E-state index in [4.69, 9.17) is 0 Å². The van der Waals surface area contributed by atoms with Crippen molar-refractivity contribution < 1.29 is 26.3 Å². The van der Waals surface area contributed by atoms with Crippen molar-refractivity contribution in [1.29, 1.82) is 0 Å². The van der Waals surface area contributed by atoms with Crippen LogP contribution in [0.3, 0.4) is 0 Å². The maximum absolute atomic E-state index is 13.0. The highest BCUT2D eigenvalue weighted by molar-refractivity contribution is 7.89. The number of hydrogen-bond acceptors (Lipinski definition) is 7. The average molecular weight is 482 g/mol. The van der Waals surface area contributed by atoms with Gasteiger partial charge in [-0.25, -0.2) is 23.4 Å². The summed E-state index contributed by atoms with van der Waals surface area (Å²) in [5, 5.41) is 0. The maximum atomic E-state index is 13.0. The second kappa shape index (κ2) is 8.63. The number of ether oxygens (including phenoxy) is 1. The Labute approximate surface area is 188 Å². The van der Waals surface area contributed by atoms with Gasteiger partial charge < -0.3 is 9.64 Å².